The molecule has 0 radical (unpaired) electrons. The molecule has 2 fully saturated rings. The maximum absolute atomic E-state index is 13.4. The highest BCUT2D eigenvalue weighted by atomic mass is 32.2. The van der Waals surface area contributed by atoms with Gasteiger partial charge in [0, 0.05) is 17.4 Å². The average molecular weight is 958 g/mol. The Morgan fingerprint density at radius 3 is 1.79 bits per heavy atom. The molecular formula is C46H63N5O15S. The first-order valence-corrected chi connectivity index (χ1v) is 24.6. The molecule has 2 aromatic carbocycles. The van der Waals surface area contributed by atoms with Crippen LogP contribution in [0.4, 0.5) is 9.59 Å². The topological polar surface area (TPSA) is 276 Å². The van der Waals surface area contributed by atoms with E-state index in [-0.39, 0.29) is 38.4 Å². The monoisotopic (exact) mass is 957 g/mol. The largest absolute Gasteiger partial charge is 0.445 e. The number of rotatable bonds is 21. The summed E-state index contributed by atoms with van der Waals surface area (Å²) in [5.41, 5.74) is 10.2. The van der Waals surface area contributed by atoms with E-state index in [1.165, 1.54) is 0 Å². The smallest absolute Gasteiger partial charge is 0.408 e. The first-order valence-electron chi connectivity index (χ1n) is 22.7. The van der Waals surface area contributed by atoms with Crippen LogP contribution in [-0.4, -0.2) is 140 Å². The van der Waals surface area contributed by atoms with E-state index in [1.807, 2.05) is 74.5 Å². The van der Waals surface area contributed by atoms with E-state index in [9.17, 15) is 33.3 Å². The van der Waals surface area contributed by atoms with Crippen LogP contribution in [0.3, 0.4) is 0 Å². The molecule has 15 atom stereocenters. The summed E-state index contributed by atoms with van der Waals surface area (Å²) >= 11 is 0. The molecule has 0 aromatic heterocycles. The molecule has 0 unspecified atom stereocenters. The summed E-state index contributed by atoms with van der Waals surface area (Å²) < 4.78 is 75.6. The van der Waals surface area contributed by atoms with Crippen molar-refractivity contribution in [3.63, 3.8) is 0 Å². The fraction of sp³-hybridized carbons (Fsp3) is 0.609. The molecule has 4 aliphatic rings. The summed E-state index contributed by atoms with van der Waals surface area (Å²) in [5.74, 6) is -2.13. The van der Waals surface area contributed by atoms with Gasteiger partial charge in [0.05, 0.1) is 42.5 Å². The van der Waals surface area contributed by atoms with Crippen LogP contribution in [-0.2, 0) is 60.9 Å². The number of azide groups is 1. The number of aliphatic hydroxyl groups excluding tert-OH is 3. The van der Waals surface area contributed by atoms with Crippen molar-refractivity contribution in [2.24, 2.45) is 17.0 Å². The molecule has 20 nitrogen and oxygen atoms in total. The number of aliphatic hydroxyl groups is 3. The number of benzene rings is 2. The zero-order valence-electron chi connectivity index (χ0n) is 37.8. The minimum absolute atomic E-state index is 0.00908. The molecule has 1 saturated carbocycles. The second kappa shape index (κ2) is 25.1. The lowest BCUT2D eigenvalue weighted by Gasteiger charge is -2.46. The molecule has 0 bridgehead atoms. The maximum atomic E-state index is 13.4. The van der Waals surface area contributed by atoms with Crippen molar-refractivity contribution < 1.29 is 71.2 Å². The number of nitrogens with one attached hydrogen (secondary N) is 2. The second-order valence-electron chi connectivity index (χ2n) is 17.0. The third-order valence-corrected chi connectivity index (χ3v) is 13.9. The number of sulfone groups is 1. The third-order valence-electron chi connectivity index (χ3n) is 12.0. The van der Waals surface area contributed by atoms with Crippen molar-refractivity contribution in [2.45, 2.75) is 139 Å². The van der Waals surface area contributed by atoms with Crippen molar-refractivity contribution in [1.82, 2.24) is 10.6 Å². The quantitative estimate of drug-likeness (QED) is 0.0383. The summed E-state index contributed by atoms with van der Waals surface area (Å²) in [5, 5.41) is 43.5. The van der Waals surface area contributed by atoms with Gasteiger partial charge in [0.1, 0.15) is 49.7 Å². The van der Waals surface area contributed by atoms with Crippen molar-refractivity contribution in [3.8, 4) is 0 Å². The SMILES string of the molecule is CC[C@H]1C=C[C@@H](NC(=O)OCc2ccccc2)[C@@H](O[C@H]2[C@@H](O)[C@H](O[C@@H]3[C@@H](O)[C@H](CS(=O)(=O)CCCN=[N+]=[N-])C[C@H](C)[C@H]3O[C@H]3O[C@H](CC)C=C[C@H]3NC(=O)OCc3ccccc3)O[C@@H]2CO)O1. The molecule has 21 heteroatoms. The highest BCUT2D eigenvalue weighted by Gasteiger charge is 2.53. The Kier molecular flexibility index (Phi) is 19.4. The maximum Gasteiger partial charge on any atom is 0.408 e. The third kappa shape index (κ3) is 14.7. The van der Waals surface area contributed by atoms with E-state index in [1.54, 1.807) is 31.2 Å². The number of carbonyl (C=O) groups is 2. The van der Waals surface area contributed by atoms with Crippen molar-refractivity contribution in [1.29, 1.82) is 0 Å². The van der Waals surface area contributed by atoms with Gasteiger partial charge in [-0.1, -0.05) is 111 Å². The lowest BCUT2D eigenvalue weighted by molar-refractivity contribution is -0.290. The molecule has 3 aliphatic heterocycles. The van der Waals surface area contributed by atoms with Crippen LogP contribution in [0.15, 0.2) is 90.1 Å². The van der Waals surface area contributed by atoms with Crippen LogP contribution < -0.4 is 10.6 Å². The Labute approximate surface area is 390 Å². The molecule has 0 spiro atoms. The number of hydrogen-bond donors (Lipinski definition) is 5. The molecule has 5 N–H and O–H groups in total. The summed E-state index contributed by atoms with van der Waals surface area (Å²) in [7, 11) is -3.79. The molecule has 67 heavy (non-hydrogen) atoms. The van der Waals surface area contributed by atoms with Gasteiger partial charge in [-0.05, 0) is 48.3 Å². The Hall–Kier alpha value is -4.64. The molecule has 3 heterocycles. The van der Waals surface area contributed by atoms with E-state index in [0.717, 1.165) is 11.1 Å². The predicted octanol–water partition coefficient (Wildman–Crippen LogP) is 4.32. The predicted molar refractivity (Wildman–Crippen MR) is 240 cm³/mol. The average Bonchev–Trinajstić information content (AvgIpc) is 3.63. The van der Waals surface area contributed by atoms with Crippen molar-refractivity contribution in [3.05, 3.63) is 107 Å². The highest BCUT2D eigenvalue weighted by Crippen LogP contribution is 2.39. The molecule has 2 amide bonds. The zero-order valence-corrected chi connectivity index (χ0v) is 38.6. The van der Waals surface area contributed by atoms with Crippen LogP contribution in [0.5, 0.6) is 0 Å². The summed E-state index contributed by atoms with van der Waals surface area (Å²) in [6.07, 6.45) is -5.97. The normalized spacial score (nSPS) is 32.8. The lowest BCUT2D eigenvalue weighted by atomic mass is 9.77. The van der Waals surface area contributed by atoms with Gasteiger partial charge in [-0.3, -0.25) is 0 Å². The van der Waals surface area contributed by atoms with Gasteiger partial charge in [-0.25, -0.2) is 18.0 Å². The molecular weight excluding hydrogens is 895 g/mol. The van der Waals surface area contributed by atoms with E-state index in [0.29, 0.717) is 12.8 Å². The Bertz CT molecular complexity index is 2100. The molecule has 1 saturated heterocycles. The first-order chi connectivity index (χ1) is 32.3. The fourth-order valence-electron chi connectivity index (χ4n) is 8.49. The zero-order chi connectivity index (χ0) is 47.9. The fourth-order valence-corrected chi connectivity index (χ4v) is 10.2. The van der Waals surface area contributed by atoms with Gasteiger partial charge in [-0.2, -0.15) is 0 Å². The summed E-state index contributed by atoms with van der Waals surface area (Å²) in [6.45, 7) is 4.95. The number of carbonyl (C=O) groups excluding carboxylic acids is 2. The van der Waals surface area contributed by atoms with E-state index >= 15 is 0 Å². The van der Waals surface area contributed by atoms with Crippen LogP contribution in [0, 0.1) is 11.8 Å². The van der Waals surface area contributed by atoms with Crippen LogP contribution >= 0.6 is 0 Å². The number of ether oxygens (including phenoxy) is 8. The van der Waals surface area contributed by atoms with Gasteiger partial charge < -0.3 is 63.8 Å². The van der Waals surface area contributed by atoms with Crippen LogP contribution in [0.25, 0.3) is 10.4 Å². The molecule has 1 aliphatic carbocycles. The standard InChI is InChI=1S/C46H63N5O15S/c1-4-32-17-19-34(49-45(55)59-25-29-13-8-6-9-14-29)42(61-32)64-39-28(3)23-31(27-67(57,58)22-12-21-48-51-47)37(53)41(39)66-44-38(54)40(36(24-52)63-44)65-43-35(20-18-33(5-2)62-43)50-46(56)60-26-30-15-10-7-11-16-30/h6-11,13-20,28,31-44,52-54H,4-5,12,21-27H2,1-3H3,(H,49,55)(H,50,56)/t28-,31-,32+,33-,34+,35+,36+,37-,38+,39+,40+,41+,42+,43+,44-/m0/s1. The summed E-state index contributed by atoms with van der Waals surface area (Å²) in [4.78, 5) is 28.7. The van der Waals surface area contributed by atoms with Gasteiger partial charge in [0.25, 0.3) is 0 Å². The molecule has 2 aromatic rings. The Balaban J connectivity index is 1.20. The van der Waals surface area contributed by atoms with Gasteiger partial charge >= 0.3 is 12.2 Å². The Morgan fingerprint density at radius 1 is 0.761 bits per heavy atom. The second-order valence-corrected chi connectivity index (χ2v) is 19.3. The van der Waals surface area contributed by atoms with Crippen molar-refractivity contribution in [2.75, 3.05) is 24.7 Å². The number of alkyl carbamates (subject to hydrolysis) is 2. The van der Waals surface area contributed by atoms with E-state index < -0.39 is 126 Å². The molecule has 6 rings (SSSR count). The number of amides is 2. The number of hydrogen-bond acceptors (Lipinski definition) is 16. The minimum Gasteiger partial charge on any atom is -0.445 e. The van der Waals surface area contributed by atoms with Gasteiger partial charge in [0.2, 0.25) is 0 Å². The Morgan fingerprint density at radius 2 is 1.28 bits per heavy atom. The van der Waals surface area contributed by atoms with Crippen LogP contribution in [0.1, 0.15) is 57.6 Å². The minimum atomic E-state index is -3.79. The van der Waals surface area contributed by atoms with Gasteiger partial charge in [0.15, 0.2) is 28.7 Å². The van der Waals surface area contributed by atoms with E-state index in [2.05, 4.69) is 20.7 Å². The van der Waals surface area contributed by atoms with E-state index in [4.69, 9.17) is 43.4 Å². The lowest BCUT2D eigenvalue weighted by Crippen LogP contribution is -2.59. The first kappa shape index (κ1) is 51.7. The van der Waals surface area contributed by atoms with Gasteiger partial charge in [-0.15, -0.1) is 0 Å². The van der Waals surface area contributed by atoms with Crippen LogP contribution in [0.2, 0.25) is 0 Å². The highest BCUT2D eigenvalue weighted by molar-refractivity contribution is 7.91. The van der Waals surface area contributed by atoms with Crippen molar-refractivity contribution >= 4 is 22.0 Å². The molecule has 368 valence electrons. The number of nitrogens with zero attached hydrogens (tertiary/aromatic N) is 3. The summed E-state index contributed by atoms with van der Waals surface area (Å²) in [6, 6.07) is 16.5.